The van der Waals surface area contributed by atoms with E-state index in [9.17, 15) is 4.79 Å². The summed E-state index contributed by atoms with van der Waals surface area (Å²) < 4.78 is 1.94. The van der Waals surface area contributed by atoms with E-state index in [-0.39, 0.29) is 5.91 Å². The summed E-state index contributed by atoms with van der Waals surface area (Å²) in [7, 11) is 0. The lowest BCUT2D eigenvalue weighted by Crippen LogP contribution is -2.44. The van der Waals surface area contributed by atoms with E-state index in [0.29, 0.717) is 12.0 Å². The van der Waals surface area contributed by atoms with Gasteiger partial charge >= 0.3 is 0 Å². The molecule has 1 aromatic heterocycles. The van der Waals surface area contributed by atoms with Gasteiger partial charge in [-0.05, 0) is 30.9 Å². The van der Waals surface area contributed by atoms with Gasteiger partial charge in [0.2, 0.25) is 5.91 Å². The van der Waals surface area contributed by atoms with Crippen LogP contribution in [0.5, 0.6) is 0 Å². The first-order chi connectivity index (χ1) is 7.28. The molecule has 1 aromatic rings. The average molecular weight is 205 g/mol. The molecular weight excluding hydrogens is 190 g/mol. The fourth-order valence-corrected chi connectivity index (χ4v) is 1.94. The van der Waals surface area contributed by atoms with Crippen LogP contribution in [0, 0.1) is 5.92 Å². The summed E-state index contributed by atoms with van der Waals surface area (Å²) in [6.45, 7) is 4.38. The quantitative estimate of drug-likeness (QED) is 0.744. The second-order valence-corrected chi connectivity index (χ2v) is 3.98. The molecule has 0 bridgehead atoms. The second kappa shape index (κ2) is 4.29. The monoisotopic (exact) mass is 205 g/mol. The minimum absolute atomic E-state index is 0.0717. The number of nitrogens with one attached hydrogen (secondary N) is 1. The van der Waals surface area contributed by atoms with Gasteiger partial charge < -0.3 is 5.32 Å². The molecule has 4 nitrogen and oxygen atoms in total. The molecule has 1 heterocycles. The van der Waals surface area contributed by atoms with Crippen LogP contribution in [0.3, 0.4) is 0 Å². The van der Waals surface area contributed by atoms with Crippen molar-refractivity contribution < 1.29 is 4.79 Å². The topological polar surface area (TPSA) is 46.9 Å². The van der Waals surface area contributed by atoms with Crippen molar-refractivity contribution in [2.24, 2.45) is 5.92 Å². The van der Waals surface area contributed by atoms with E-state index in [2.05, 4.69) is 17.0 Å². The lowest BCUT2D eigenvalue weighted by Gasteiger charge is -2.35. The van der Waals surface area contributed by atoms with Crippen molar-refractivity contribution in [2.75, 3.05) is 0 Å². The third kappa shape index (κ3) is 2.46. The minimum atomic E-state index is -0.0717. The first kappa shape index (κ1) is 9.96. The average Bonchev–Trinajstić information content (AvgIpc) is 2.66. The SMILES string of the molecule is C=CC(=O)NC1CC(Cn2cccn2)C1. The standard InChI is InChI=1S/C11H15N3O/c1-2-11(15)13-10-6-9(7-10)8-14-5-3-4-12-14/h2-5,9-10H,1,6-8H2,(H,13,15). The number of nitrogens with zero attached hydrogens (tertiary/aromatic N) is 2. The van der Waals surface area contributed by atoms with E-state index in [1.165, 1.54) is 6.08 Å². The van der Waals surface area contributed by atoms with Crippen molar-refractivity contribution in [1.82, 2.24) is 15.1 Å². The molecule has 15 heavy (non-hydrogen) atoms. The van der Waals surface area contributed by atoms with Gasteiger partial charge in [-0.2, -0.15) is 5.10 Å². The summed E-state index contributed by atoms with van der Waals surface area (Å²) in [6.07, 6.45) is 7.16. The Bertz CT molecular complexity index is 339. The van der Waals surface area contributed by atoms with E-state index in [1.807, 2.05) is 16.9 Å². The van der Waals surface area contributed by atoms with Crippen molar-refractivity contribution >= 4 is 5.91 Å². The highest BCUT2D eigenvalue weighted by atomic mass is 16.1. The van der Waals surface area contributed by atoms with Crippen LogP contribution < -0.4 is 5.32 Å². The Kier molecular flexibility index (Phi) is 2.85. The van der Waals surface area contributed by atoms with Gasteiger partial charge in [0.25, 0.3) is 0 Å². The lowest BCUT2D eigenvalue weighted by molar-refractivity contribution is -0.118. The zero-order valence-corrected chi connectivity index (χ0v) is 8.60. The van der Waals surface area contributed by atoms with Gasteiger partial charge in [0.15, 0.2) is 0 Å². The Balaban J connectivity index is 1.70. The summed E-state index contributed by atoms with van der Waals surface area (Å²) in [5, 5.41) is 7.04. The van der Waals surface area contributed by atoms with Gasteiger partial charge in [-0.15, -0.1) is 0 Å². The highest BCUT2D eigenvalue weighted by Crippen LogP contribution is 2.28. The van der Waals surface area contributed by atoms with Gasteiger partial charge in [0.05, 0.1) is 0 Å². The lowest BCUT2D eigenvalue weighted by atomic mass is 9.80. The first-order valence-corrected chi connectivity index (χ1v) is 5.18. The zero-order valence-electron chi connectivity index (χ0n) is 8.60. The number of hydrogen-bond acceptors (Lipinski definition) is 2. The smallest absolute Gasteiger partial charge is 0.243 e. The van der Waals surface area contributed by atoms with Crippen LogP contribution in [-0.4, -0.2) is 21.7 Å². The largest absolute Gasteiger partial charge is 0.350 e. The number of aromatic nitrogens is 2. The molecular formula is C11H15N3O. The zero-order chi connectivity index (χ0) is 10.7. The molecule has 0 aliphatic heterocycles. The molecule has 0 saturated heterocycles. The number of hydrogen-bond donors (Lipinski definition) is 1. The maximum Gasteiger partial charge on any atom is 0.243 e. The van der Waals surface area contributed by atoms with E-state index in [1.54, 1.807) is 6.20 Å². The molecule has 4 heteroatoms. The molecule has 2 rings (SSSR count). The van der Waals surface area contributed by atoms with E-state index >= 15 is 0 Å². The summed E-state index contributed by atoms with van der Waals surface area (Å²) in [4.78, 5) is 11.0. The van der Waals surface area contributed by atoms with Crippen molar-refractivity contribution in [3.8, 4) is 0 Å². The molecule has 0 aromatic carbocycles. The van der Waals surface area contributed by atoms with Crippen molar-refractivity contribution in [2.45, 2.75) is 25.4 Å². The number of carbonyl (C=O) groups is 1. The van der Waals surface area contributed by atoms with Crippen molar-refractivity contribution in [3.05, 3.63) is 31.1 Å². The molecule has 1 N–H and O–H groups in total. The summed E-state index contributed by atoms with van der Waals surface area (Å²) in [6, 6.07) is 2.26. The molecule has 1 saturated carbocycles. The molecule has 1 fully saturated rings. The Morgan fingerprint density at radius 2 is 2.47 bits per heavy atom. The minimum Gasteiger partial charge on any atom is -0.350 e. The van der Waals surface area contributed by atoms with Crippen LogP contribution >= 0.6 is 0 Å². The predicted octanol–water partition coefficient (Wildman–Crippen LogP) is 0.964. The van der Waals surface area contributed by atoms with Crippen LogP contribution in [0.4, 0.5) is 0 Å². The maximum absolute atomic E-state index is 11.0. The van der Waals surface area contributed by atoms with E-state index < -0.39 is 0 Å². The molecule has 1 amide bonds. The second-order valence-electron chi connectivity index (χ2n) is 3.98. The Morgan fingerprint density at radius 3 is 3.07 bits per heavy atom. The van der Waals surface area contributed by atoms with E-state index in [4.69, 9.17) is 0 Å². The highest BCUT2D eigenvalue weighted by Gasteiger charge is 2.29. The molecule has 0 radical (unpaired) electrons. The normalized spacial score (nSPS) is 24.3. The van der Waals surface area contributed by atoms with Gasteiger partial charge in [-0.25, -0.2) is 0 Å². The van der Waals surface area contributed by atoms with Crippen LogP contribution in [0.2, 0.25) is 0 Å². The Morgan fingerprint density at radius 1 is 1.67 bits per heavy atom. The molecule has 1 aliphatic carbocycles. The van der Waals surface area contributed by atoms with Crippen LogP contribution in [0.25, 0.3) is 0 Å². The summed E-state index contributed by atoms with van der Waals surface area (Å²) >= 11 is 0. The van der Waals surface area contributed by atoms with Crippen LogP contribution in [0.1, 0.15) is 12.8 Å². The van der Waals surface area contributed by atoms with Crippen molar-refractivity contribution in [1.29, 1.82) is 0 Å². The molecule has 0 spiro atoms. The van der Waals surface area contributed by atoms with Gasteiger partial charge in [0, 0.05) is 25.0 Å². The highest BCUT2D eigenvalue weighted by molar-refractivity contribution is 5.87. The summed E-state index contributed by atoms with van der Waals surface area (Å²) in [5.74, 6) is 0.567. The van der Waals surface area contributed by atoms with Crippen LogP contribution in [-0.2, 0) is 11.3 Å². The maximum atomic E-state index is 11.0. The number of amides is 1. The van der Waals surface area contributed by atoms with Gasteiger partial charge in [0.1, 0.15) is 0 Å². The van der Waals surface area contributed by atoms with Gasteiger partial charge in [-0.1, -0.05) is 6.58 Å². The van der Waals surface area contributed by atoms with Gasteiger partial charge in [-0.3, -0.25) is 9.48 Å². The first-order valence-electron chi connectivity index (χ1n) is 5.18. The van der Waals surface area contributed by atoms with E-state index in [0.717, 1.165) is 19.4 Å². The molecule has 0 atom stereocenters. The third-order valence-corrected chi connectivity index (χ3v) is 2.77. The Hall–Kier alpha value is -1.58. The molecule has 80 valence electrons. The summed E-state index contributed by atoms with van der Waals surface area (Å²) in [5.41, 5.74) is 0. The fraction of sp³-hybridized carbons (Fsp3) is 0.455. The van der Waals surface area contributed by atoms with Crippen molar-refractivity contribution in [3.63, 3.8) is 0 Å². The number of carbonyl (C=O) groups excluding carboxylic acids is 1. The Labute approximate surface area is 89.0 Å². The molecule has 1 aliphatic rings. The van der Waals surface area contributed by atoms with Crippen LogP contribution in [0.15, 0.2) is 31.1 Å². The number of rotatable bonds is 4. The fourth-order valence-electron chi connectivity index (χ4n) is 1.94. The third-order valence-electron chi connectivity index (χ3n) is 2.77. The predicted molar refractivity (Wildman–Crippen MR) is 57.1 cm³/mol. The molecule has 0 unspecified atom stereocenters.